The summed E-state index contributed by atoms with van der Waals surface area (Å²) >= 11 is 1.14. The van der Waals surface area contributed by atoms with Crippen LogP contribution in [0.5, 0.6) is 5.75 Å². The molecule has 3 aromatic carbocycles. The molecular formula is C25H20N2O3S. The number of hydrogen-bond acceptors (Lipinski definition) is 4. The second-order valence-electron chi connectivity index (χ2n) is 6.97. The van der Waals surface area contributed by atoms with Crippen LogP contribution in [0.2, 0.25) is 0 Å². The van der Waals surface area contributed by atoms with E-state index in [1.165, 1.54) is 5.56 Å². The molecule has 154 valence electrons. The monoisotopic (exact) mass is 428 g/mol. The Morgan fingerprint density at radius 2 is 1.71 bits per heavy atom. The first-order valence-electron chi connectivity index (χ1n) is 9.75. The average molecular weight is 429 g/mol. The van der Waals surface area contributed by atoms with Gasteiger partial charge in [-0.3, -0.25) is 9.59 Å². The maximum absolute atomic E-state index is 12.4. The highest BCUT2D eigenvalue weighted by molar-refractivity contribution is 8.18. The van der Waals surface area contributed by atoms with E-state index in [0.717, 1.165) is 22.9 Å². The summed E-state index contributed by atoms with van der Waals surface area (Å²) in [6.07, 6.45) is 1.75. The summed E-state index contributed by atoms with van der Waals surface area (Å²) in [6, 6.07) is 24.4. The third kappa shape index (κ3) is 5.29. The minimum atomic E-state index is -0.397. The highest BCUT2D eigenvalue weighted by Gasteiger charge is 2.25. The molecule has 0 atom stereocenters. The quantitative estimate of drug-likeness (QED) is 0.583. The molecule has 31 heavy (non-hydrogen) atoms. The van der Waals surface area contributed by atoms with Crippen LogP contribution >= 0.6 is 11.8 Å². The lowest BCUT2D eigenvalue weighted by Gasteiger charge is -2.10. The molecule has 2 amide bonds. The van der Waals surface area contributed by atoms with Crippen LogP contribution in [-0.4, -0.2) is 17.0 Å². The van der Waals surface area contributed by atoms with Crippen LogP contribution in [0.3, 0.4) is 0 Å². The molecule has 3 aromatic rings. The van der Waals surface area contributed by atoms with E-state index in [1.54, 1.807) is 30.3 Å². The van der Waals surface area contributed by atoms with Gasteiger partial charge in [0.05, 0.1) is 4.91 Å². The van der Waals surface area contributed by atoms with Crippen LogP contribution in [0.25, 0.3) is 6.08 Å². The Labute approximate surface area is 184 Å². The largest absolute Gasteiger partial charge is 0.488 e. The predicted octanol–water partition coefficient (Wildman–Crippen LogP) is 4.97. The minimum Gasteiger partial charge on any atom is -0.488 e. The van der Waals surface area contributed by atoms with Crippen molar-refractivity contribution in [1.29, 1.82) is 0 Å². The van der Waals surface area contributed by atoms with Gasteiger partial charge in [-0.05, 0) is 48.5 Å². The van der Waals surface area contributed by atoms with Crippen LogP contribution < -0.4 is 10.1 Å². The van der Waals surface area contributed by atoms with Gasteiger partial charge in [-0.1, -0.05) is 66.2 Å². The summed E-state index contributed by atoms with van der Waals surface area (Å²) in [5.41, 5.74) is 3.51. The van der Waals surface area contributed by atoms with Crippen LogP contribution in [-0.2, 0) is 11.4 Å². The van der Waals surface area contributed by atoms with E-state index in [9.17, 15) is 9.59 Å². The van der Waals surface area contributed by atoms with E-state index in [1.807, 2.05) is 61.5 Å². The molecule has 0 aliphatic carbocycles. The molecule has 1 aliphatic rings. The number of amidine groups is 1. The first kappa shape index (κ1) is 20.6. The maximum atomic E-state index is 12.4. The molecule has 1 aliphatic heterocycles. The van der Waals surface area contributed by atoms with Crippen LogP contribution in [0, 0.1) is 6.92 Å². The number of nitrogens with zero attached hydrogens (tertiary/aromatic N) is 1. The molecule has 1 fully saturated rings. The average Bonchev–Trinajstić information content (AvgIpc) is 3.13. The smallest absolute Gasteiger partial charge is 0.279 e. The fraction of sp³-hybridized carbons (Fsp3) is 0.0800. The molecule has 1 N–H and O–H groups in total. The summed E-state index contributed by atoms with van der Waals surface area (Å²) in [4.78, 5) is 29.2. The molecule has 0 bridgehead atoms. The van der Waals surface area contributed by atoms with Gasteiger partial charge >= 0.3 is 0 Å². The van der Waals surface area contributed by atoms with Crippen molar-refractivity contribution in [2.75, 3.05) is 0 Å². The van der Waals surface area contributed by atoms with Crippen molar-refractivity contribution in [1.82, 2.24) is 5.32 Å². The first-order chi connectivity index (χ1) is 15.1. The molecule has 5 nitrogen and oxygen atoms in total. The summed E-state index contributed by atoms with van der Waals surface area (Å²) in [6.45, 7) is 2.47. The number of nitrogens with one attached hydrogen (secondary N) is 1. The van der Waals surface area contributed by atoms with Crippen molar-refractivity contribution in [3.63, 3.8) is 0 Å². The predicted molar refractivity (Wildman–Crippen MR) is 124 cm³/mol. The fourth-order valence-corrected chi connectivity index (χ4v) is 3.75. The molecule has 4 rings (SSSR count). The summed E-state index contributed by atoms with van der Waals surface area (Å²) < 4.78 is 5.99. The number of benzene rings is 3. The topological polar surface area (TPSA) is 67.8 Å². The van der Waals surface area contributed by atoms with Gasteiger partial charge < -0.3 is 10.1 Å². The van der Waals surface area contributed by atoms with Crippen molar-refractivity contribution in [2.45, 2.75) is 13.5 Å². The highest BCUT2D eigenvalue weighted by Crippen LogP contribution is 2.30. The zero-order valence-corrected chi connectivity index (χ0v) is 17.7. The van der Waals surface area contributed by atoms with E-state index in [4.69, 9.17) is 4.74 Å². The van der Waals surface area contributed by atoms with Crippen LogP contribution in [0.15, 0.2) is 88.8 Å². The lowest BCUT2D eigenvalue weighted by atomic mass is 10.1. The van der Waals surface area contributed by atoms with E-state index >= 15 is 0 Å². The van der Waals surface area contributed by atoms with Gasteiger partial charge in [-0.25, -0.2) is 0 Å². The highest BCUT2D eigenvalue weighted by atomic mass is 32.2. The zero-order chi connectivity index (χ0) is 21.6. The molecule has 6 heteroatoms. The molecular weight excluding hydrogens is 408 g/mol. The normalized spacial score (nSPS) is 15.8. The number of aryl methyl sites for hydroxylation is 1. The lowest BCUT2D eigenvalue weighted by molar-refractivity contribution is -0.115. The van der Waals surface area contributed by atoms with Crippen molar-refractivity contribution < 1.29 is 14.3 Å². The first-order valence-corrected chi connectivity index (χ1v) is 10.6. The summed E-state index contributed by atoms with van der Waals surface area (Å²) in [5, 5.41) is 2.92. The van der Waals surface area contributed by atoms with E-state index < -0.39 is 5.91 Å². The number of carbonyl (C=O) groups is 2. The van der Waals surface area contributed by atoms with Crippen LogP contribution in [0.4, 0.5) is 0 Å². The molecule has 0 saturated carbocycles. The Balaban J connectivity index is 1.49. The molecule has 1 saturated heterocycles. The van der Waals surface area contributed by atoms with Gasteiger partial charge in [-0.2, -0.15) is 4.99 Å². The van der Waals surface area contributed by atoms with Gasteiger partial charge in [0.15, 0.2) is 5.17 Å². The molecule has 0 unspecified atom stereocenters. The number of para-hydroxylation sites is 1. The van der Waals surface area contributed by atoms with E-state index in [-0.39, 0.29) is 11.1 Å². The Hall–Kier alpha value is -3.64. The number of thioether (sulfide) groups is 1. The number of ether oxygens (including phenoxy) is 1. The third-order valence-electron chi connectivity index (χ3n) is 4.60. The second kappa shape index (κ2) is 9.45. The molecule has 0 aromatic heterocycles. The lowest BCUT2D eigenvalue weighted by Crippen LogP contribution is -2.20. The Morgan fingerprint density at radius 1 is 1.00 bits per heavy atom. The van der Waals surface area contributed by atoms with Crippen molar-refractivity contribution in [2.24, 2.45) is 4.99 Å². The number of aliphatic imine (C=N–C) groups is 1. The molecule has 0 radical (unpaired) electrons. The number of rotatable bonds is 5. The van der Waals surface area contributed by atoms with E-state index in [0.29, 0.717) is 22.8 Å². The van der Waals surface area contributed by atoms with Crippen molar-refractivity contribution in [3.8, 4) is 5.75 Å². The summed E-state index contributed by atoms with van der Waals surface area (Å²) in [7, 11) is 0. The van der Waals surface area contributed by atoms with Gasteiger partial charge in [0, 0.05) is 11.1 Å². The van der Waals surface area contributed by atoms with Gasteiger partial charge in [-0.15, -0.1) is 0 Å². The van der Waals surface area contributed by atoms with Crippen molar-refractivity contribution in [3.05, 3.63) is 106 Å². The molecule has 0 spiro atoms. The van der Waals surface area contributed by atoms with Gasteiger partial charge in [0.25, 0.3) is 11.8 Å². The Bertz CT molecular complexity index is 1170. The standard InChI is InChI=1S/C25H20N2O3S/c1-17-11-13-18(14-12-17)16-30-21-10-6-5-9-20(21)15-22-24(29)27-25(31-22)26-23(28)19-7-3-2-4-8-19/h2-15H,16H2,1H3,(H,26,27,28,29)/b22-15-. The van der Waals surface area contributed by atoms with Crippen molar-refractivity contribution >= 4 is 34.8 Å². The second-order valence-corrected chi connectivity index (χ2v) is 8.00. The number of amides is 2. The maximum Gasteiger partial charge on any atom is 0.279 e. The minimum absolute atomic E-state index is 0.267. The third-order valence-corrected chi connectivity index (χ3v) is 5.51. The van der Waals surface area contributed by atoms with E-state index in [2.05, 4.69) is 10.3 Å². The SMILES string of the molecule is Cc1ccc(COc2ccccc2/C=C2\SC(=NC(=O)c3ccccc3)NC2=O)cc1. The Kier molecular flexibility index (Phi) is 6.29. The molecule has 1 heterocycles. The number of hydrogen-bond donors (Lipinski definition) is 1. The Morgan fingerprint density at radius 3 is 2.48 bits per heavy atom. The van der Waals surface area contributed by atoms with Gasteiger partial charge in [0.2, 0.25) is 0 Å². The summed E-state index contributed by atoms with van der Waals surface area (Å²) in [5.74, 6) is -0.0147. The zero-order valence-electron chi connectivity index (χ0n) is 16.9. The number of carbonyl (C=O) groups excluding carboxylic acids is 2. The fourth-order valence-electron chi connectivity index (χ4n) is 2.94. The van der Waals surface area contributed by atoms with Gasteiger partial charge in [0.1, 0.15) is 12.4 Å². The van der Waals surface area contributed by atoms with Crippen LogP contribution in [0.1, 0.15) is 27.0 Å².